The first-order valence-electron chi connectivity index (χ1n) is 6.30. The minimum Gasteiger partial charge on any atom is -0.374 e. The van der Waals surface area contributed by atoms with E-state index >= 15 is 0 Å². The monoisotopic (exact) mass is 238 g/mol. The lowest BCUT2D eigenvalue weighted by Crippen LogP contribution is -2.46. The standard InChI is InChI=1S/C12H22N4O/c1-3-16-4-5-17-12(10-16)8-13-6-11-7-14-15(2)9-11/h7,9,12-13H,3-6,8,10H2,1-2H3. The summed E-state index contributed by atoms with van der Waals surface area (Å²) in [5.74, 6) is 0. The van der Waals surface area contributed by atoms with Crippen LogP contribution in [0.25, 0.3) is 0 Å². The number of aromatic nitrogens is 2. The fourth-order valence-corrected chi connectivity index (χ4v) is 2.13. The van der Waals surface area contributed by atoms with E-state index in [1.54, 1.807) is 0 Å². The molecule has 1 aliphatic rings. The Balaban J connectivity index is 1.68. The fraction of sp³-hybridized carbons (Fsp3) is 0.750. The summed E-state index contributed by atoms with van der Waals surface area (Å²) in [6, 6.07) is 0. The summed E-state index contributed by atoms with van der Waals surface area (Å²) in [5, 5.41) is 7.57. The van der Waals surface area contributed by atoms with Gasteiger partial charge in [-0.3, -0.25) is 9.58 Å². The molecule has 1 aromatic rings. The van der Waals surface area contributed by atoms with Gasteiger partial charge in [-0.05, 0) is 6.54 Å². The lowest BCUT2D eigenvalue weighted by atomic mass is 10.2. The van der Waals surface area contributed by atoms with E-state index in [9.17, 15) is 0 Å². The van der Waals surface area contributed by atoms with Crippen LogP contribution in [-0.4, -0.2) is 53.6 Å². The van der Waals surface area contributed by atoms with Crippen LogP contribution in [0.15, 0.2) is 12.4 Å². The Hall–Kier alpha value is -0.910. The third-order valence-electron chi connectivity index (χ3n) is 3.13. The van der Waals surface area contributed by atoms with Crippen LogP contribution in [0.3, 0.4) is 0 Å². The van der Waals surface area contributed by atoms with Crippen molar-refractivity contribution in [2.45, 2.75) is 19.6 Å². The van der Waals surface area contributed by atoms with Crippen molar-refractivity contribution in [3.8, 4) is 0 Å². The molecule has 1 saturated heterocycles. The molecule has 1 fully saturated rings. The molecule has 2 rings (SSSR count). The van der Waals surface area contributed by atoms with Crippen LogP contribution >= 0.6 is 0 Å². The molecule has 0 aromatic carbocycles. The van der Waals surface area contributed by atoms with E-state index in [0.29, 0.717) is 6.10 Å². The van der Waals surface area contributed by atoms with Gasteiger partial charge in [0, 0.05) is 45.0 Å². The van der Waals surface area contributed by atoms with Crippen molar-refractivity contribution >= 4 is 0 Å². The molecule has 1 atom stereocenters. The third-order valence-corrected chi connectivity index (χ3v) is 3.13. The Morgan fingerprint density at radius 1 is 1.59 bits per heavy atom. The van der Waals surface area contributed by atoms with Crippen molar-refractivity contribution in [1.29, 1.82) is 0 Å². The predicted octanol–water partition coefficient (Wildman–Crippen LogP) is 0.230. The van der Waals surface area contributed by atoms with Gasteiger partial charge in [0.25, 0.3) is 0 Å². The summed E-state index contributed by atoms with van der Waals surface area (Å²) < 4.78 is 7.55. The number of aryl methyl sites for hydroxylation is 1. The summed E-state index contributed by atoms with van der Waals surface area (Å²) in [6.07, 6.45) is 4.25. The maximum absolute atomic E-state index is 5.73. The molecule has 5 heteroatoms. The van der Waals surface area contributed by atoms with Crippen LogP contribution in [-0.2, 0) is 18.3 Å². The molecule has 2 heterocycles. The largest absolute Gasteiger partial charge is 0.374 e. The van der Waals surface area contributed by atoms with E-state index in [-0.39, 0.29) is 0 Å². The maximum atomic E-state index is 5.73. The van der Waals surface area contributed by atoms with Crippen LogP contribution in [0.4, 0.5) is 0 Å². The zero-order chi connectivity index (χ0) is 12.1. The number of nitrogens with zero attached hydrogens (tertiary/aromatic N) is 3. The molecule has 0 bridgehead atoms. The molecule has 0 radical (unpaired) electrons. The SMILES string of the molecule is CCN1CCOC(CNCc2cnn(C)c2)C1. The summed E-state index contributed by atoms with van der Waals surface area (Å²) in [7, 11) is 1.94. The van der Waals surface area contributed by atoms with Crippen molar-refractivity contribution in [1.82, 2.24) is 20.0 Å². The van der Waals surface area contributed by atoms with Crippen LogP contribution in [0.2, 0.25) is 0 Å². The molecule has 5 nitrogen and oxygen atoms in total. The Labute approximate surface area is 103 Å². The lowest BCUT2D eigenvalue weighted by Gasteiger charge is -2.32. The van der Waals surface area contributed by atoms with Gasteiger partial charge in [-0.15, -0.1) is 0 Å². The van der Waals surface area contributed by atoms with Crippen molar-refractivity contribution in [3.05, 3.63) is 18.0 Å². The summed E-state index contributed by atoms with van der Waals surface area (Å²) in [6.45, 7) is 8.04. The van der Waals surface area contributed by atoms with Gasteiger partial charge in [-0.25, -0.2) is 0 Å². The number of ether oxygens (including phenoxy) is 1. The molecular formula is C12H22N4O. The van der Waals surface area contributed by atoms with Gasteiger partial charge in [0.05, 0.1) is 18.9 Å². The smallest absolute Gasteiger partial charge is 0.0826 e. The average molecular weight is 238 g/mol. The number of rotatable bonds is 5. The summed E-state index contributed by atoms with van der Waals surface area (Å²) in [4.78, 5) is 2.43. The Kier molecular flexibility index (Phi) is 4.53. The van der Waals surface area contributed by atoms with Crippen molar-refractivity contribution in [2.75, 3.05) is 32.8 Å². The number of hydrogen-bond acceptors (Lipinski definition) is 4. The van der Waals surface area contributed by atoms with E-state index in [1.165, 1.54) is 5.56 Å². The molecule has 0 spiro atoms. The van der Waals surface area contributed by atoms with E-state index in [0.717, 1.165) is 39.3 Å². The van der Waals surface area contributed by atoms with Crippen molar-refractivity contribution < 1.29 is 4.74 Å². The predicted molar refractivity (Wildman–Crippen MR) is 66.8 cm³/mol. The average Bonchev–Trinajstić information content (AvgIpc) is 2.75. The highest BCUT2D eigenvalue weighted by Crippen LogP contribution is 2.04. The topological polar surface area (TPSA) is 42.3 Å². The number of likely N-dealkylation sites (N-methyl/N-ethyl adjacent to an activating group) is 1. The second-order valence-electron chi connectivity index (χ2n) is 4.54. The quantitative estimate of drug-likeness (QED) is 0.797. The molecule has 1 aliphatic heterocycles. The molecule has 1 N–H and O–H groups in total. The van der Waals surface area contributed by atoms with Gasteiger partial charge in [0.1, 0.15) is 0 Å². The second kappa shape index (κ2) is 6.14. The first kappa shape index (κ1) is 12.5. The van der Waals surface area contributed by atoms with Gasteiger partial charge in [0.2, 0.25) is 0 Å². The highest BCUT2D eigenvalue weighted by atomic mass is 16.5. The maximum Gasteiger partial charge on any atom is 0.0826 e. The molecular weight excluding hydrogens is 216 g/mol. The first-order chi connectivity index (χ1) is 8.28. The van der Waals surface area contributed by atoms with Crippen molar-refractivity contribution in [2.24, 2.45) is 7.05 Å². The molecule has 0 aliphatic carbocycles. The Morgan fingerprint density at radius 2 is 2.47 bits per heavy atom. The van der Waals surface area contributed by atoms with Gasteiger partial charge in [-0.2, -0.15) is 5.10 Å². The molecule has 1 aromatic heterocycles. The zero-order valence-corrected chi connectivity index (χ0v) is 10.7. The summed E-state index contributed by atoms with van der Waals surface area (Å²) >= 11 is 0. The van der Waals surface area contributed by atoms with Crippen LogP contribution in [0.1, 0.15) is 12.5 Å². The molecule has 0 saturated carbocycles. The fourth-order valence-electron chi connectivity index (χ4n) is 2.13. The van der Waals surface area contributed by atoms with E-state index in [1.807, 2.05) is 24.1 Å². The van der Waals surface area contributed by atoms with Gasteiger partial charge in [0.15, 0.2) is 0 Å². The summed E-state index contributed by atoms with van der Waals surface area (Å²) in [5.41, 5.74) is 1.22. The number of nitrogens with one attached hydrogen (secondary N) is 1. The number of hydrogen-bond donors (Lipinski definition) is 1. The minimum absolute atomic E-state index is 0.320. The molecule has 1 unspecified atom stereocenters. The normalized spacial score (nSPS) is 21.9. The van der Waals surface area contributed by atoms with Gasteiger partial charge >= 0.3 is 0 Å². The van der Waals surface area contributed by atoms with E-state index in [2.05, 4.69) is 22.2 Å². The molecule has 17 heavy (non-hydrogen) atoms. The van der Waals surface area contributed by atoms with Gasteiger partial charge < -0.3 is 10.1 Å². The minimum atomic E-state index is 0.320. The third kappa shape index (κ3) is 3.80. The lowest BCUT2D eigenvalue weighted by molar-refractivity contribution is -0.0253. The molecule has 96 valence electrons. The highest BCUT2D eigenvalue weighted by Gasteiger charge is 2.18. The second-order valence-corrected chi connectivity index (χ2v) is 4.54. The van der Waals surface area contributed by atoms with Crippen LogP contribution in [0.5, 0.6) is 0 Å². The first-order valence-corrected chi connectivity index (χ1v) is 6.30. The van der Waals surface area contributed by atoms with Crippen LogP contribution in [0, 0.1) is 0 Å². The van der Waals surface area contributed by atoms with Crippen LogP contribution < -0.4 is 5.32 Å². The molecule has 0 amide bonds. The Bertz CT molecular complexity index is 339. The Morgan fingerprint density at radius 3 is 3.18 bits per heavy atom. The number of morpholine rings is 1. The highest BCUT2D eigenvalue weighted by molar-refractivity contribution is 5.02. The zero-order valence-electron chi connectivity index (χ0n) is 10.7. The van der Waals surface area contributed by atoms with E-state index < -0.39 is 0 Å². The van der Waals surface area contributed by atoms with Crippen molar-refractivity contribution in [3.63, 3.8) is 0 Å². The van der Waals surface area contributed by atoms with E-state index in [4.69, 9.17) is 4.74 Å². The van der Waals surface area contributed by atoms with Gasteiger partial charge in [-0.1, -0.05) is 6.92 Å².